The zero-order chi connectivity index (χ0) is 6.69. The summed E-state index contributed by atoms with van der Waals surface area (Å²) in [7, 11) is 0. The number of benzene rings is 1. The third-order valence-electron chi connectivity index (χ3n) is 1.41. The van der Waals surface area contributed by atoms with E-state index in [-0.39, 0.29) is 0 Å². The van der Waals surface area contributed by atoms with Crippen molar-refractivity contribution in [1.82, 2.24) is 0 Å². The fourth-order valence-electron chi connectivity index (χ4n) is 0.853. The second-order valence-electron chi connectivity index (χ2n) is 2.06. The van der Waals surface area contributed by atoms with E-state index in [0.29, 0.717) is 0 Å². The predicted octanol–water partition coefficient (Wildman–Crippen LogP) is 2.44. The Morgan fingerprint density at radius 2 is 1.89 bits per heavy atom. The van der Waals surface area contributed by atoms with Crippen LogP contribution in [0.5, 0.6) is 0 Å². The molecule has 0 amide bonds. The van der Waals surface area contributed by atoms with Gasteiger partial charge in [-0.15, -0.1) is 0 Å². The van der Waals surface area contributed by atoms with E-state index < -0.39 is 0 Å². The predicted molar refractivity (Wildman–Crippen MR) is 39.2 cm³/mol. The first kappa shape index (κ1) is 6.34. The van der Waals surface area contributed by atoms with Gasteiger partial charge in [0.15, 0.2) is 0 Å². The second kappa shape index (κ2) is 2.67. The Hall–Kier alpha value is -0.780. The topological polar surface area (TPSA) is 0 Å². The Morgan fingerprint density at radius 3 is 2.33 bits per heavy atom. The van der Waals surface area contributed by atoms with E-state index in [2.05, 4.69) is 25.5 Å². The lowest BCUT2D eigenvalue weighted by Crippen LogP contribution is -1.80. The summed E-state index contributed by atoms with van der Waals surface area (Å²) in [6.45, 7) is 4.02. The van der Waals surface area contributed by atoms with Gasteiger partial charge in [0.25, 0.3) is 0 Å². The van der Waals surface area contributed by atoms with E-state index in [1.54, 1.807) is 0 Å². The molecule has 0 aromatic heterocycles. The van der Waals surface area contributed by atoms with E-state index in [4.69, 9.17) is 0 Å². The van der Waals surface area contributed by atoms with Crippen LogP contribution in [0.25, 0.3) is 0 Å². The van der Waals surface area contributed by atoms with Crippen molar-refractivity contribution in [2.24, 2.45) is 0 Å². The molecule has 0 bridgehead atoms. The van der Waals surface area contributed by atoms with Gasteiger partial charge in [0.2, 0.25) is 0 Å². The Kier molecular flexibility index (Phi) is 1.88. The SMILES string of the molecule is C[C]c1ccccc1C. The van der Waals surface area contributed by atoms with Crippen LogP contribution in [0.3, 0.4) is 0 Å². The number of rotatable bonds is 1. The molecule has 2 radical (unpaired) electrons. The van der Waals surface area contributed by atoms with Crippen LogP contribution in [0.4, 0.5) is 0 Å². The van der Waals surface area contributed by atoms with Gasteiger partial charge >= 0.3 is 0 Å². The van der Waals surface area contributed by atoms with Gasteiger partial charge in [0.05, 0.1) is 0 Å². The van der Waals surface area contributed by atoms with Crippen LogP contribution >= 0.6 is 0 Å². The molecule has 0 spiro atoms. The van der Waals surface area contributed by atoms with Gasteiger partial charge in [-0.05, 0) is 18.1 Å². The molecule has 0 aliphatic heterocycles. The molecule has 0 saturated heterocycles. The van der Waals surface area contributed by atoms with Crippen LogP contribution < -0.4 is 0 Å². The van der Waals surface area contributed by atoms with Crippen molar-refractivity contribution < 1.29 is 0 Å². The van der Waals surface area contributed by atoms with Crippen LogP contribution in [0.1, 0.15) is 18.1 Å². The first-order valence-corrected chi connectivity index (χ1v) is 3.08. The fourth-order valence-corrected chi connectivity index (χ4v) is 0.853. The van der Waals surface area contributed by atoms with Crippen molar-refractivity contribution in [3.8, 4) is 0 Å². The Labute approximate surface area is 56.5 Å². The lowest BCUT2D eigenvalue weighted by Gasteiger charge is -1.97. The first-order valence-electron chi connectivity index (χ1n) is 3.08. The molecular weight excluding hydrogens is 108 g/mol. The van der Waals surface area contributed by atoms with Gasteiger partial charge in [-0.2, -0.15) is 0 Å². The number of aryl methyl sites for hydroxylation is 1. The summed E-state index contributed by atoms with van der Waals surface area (Å²) >= 11 is 0. The third kappa shape index (κ3) is 1.32. The molecule has 1 aromatic rings. The van der Waals surface area contributed by atoms with E-state index in [1.807, 2.05) is 19.1 Å². The Bertz CT molecular complexity index is 189. The van der Waals surface area contributed by atoms with Crippen molar-refractivity contribution >= 4 is 0 Å². The maximum Gasteiger partial charge on any atom is 0.0133 e. The molecule has 0 heterocycles. The molecule has 0 aliphatic rings. The number of hydrogen-bond acceptors (Lipinski definition) is 0. The largest absolute Gasteiger partial charge is 0.0620 e. The molecule has 46 valence electrons. The Morgan fingerprint density at radius 1 is 1.22 bits per heavy atom. The van der Waals surface area contributed by atoms with Crippen LogP contribution in [-0.4, -0.2) is 0 Å². The zero-order valence-electron chi connectivity index (χ0n) is 5.81. The molecule has 0 saturated carbocycles. The molecule has 0 unspecified atom stereocenters. The molecule has 1 rings (SSSR count). The van der Waals surface area contributed by atoms with Crippen molar-refractivity contribution in [3.63, 3.8) is 0 Å². The van der Waals surface area contributed by atoms with Crippen molar-refractivity contribution in [2.45, 2.75) is 13.8 Å². The summed E-state index contributed by atoms with van der Waals surface area (Å²) in [5.74, 6) is 0. The van der Waals surface area contributed by atoms with Crippen LogP contribution in [0, 0.1) is 13.3 Å². The monoisotopic (exact) mass is 118 g/mol. The van der Waals surface area contributed by atoms with Gasteiger partial charge < -0.3 is 0 Å². The summed E-state index contributed by atoms with van der Waals surface area (Å²) in [6, 6.07) is 8.22. The quantitative estimate of drug-likeness (QED) is 0.531. The van der Waals surface area contributed by atoms with Crippen molar-refractivity contribution in [1.29, 1.82) is 0 Å². The van der Waals surface area contributed by atoms with Gasteiger partial charge in [-0.3, -0.25) is 0 Å². The van der Waals surface area contributed by atoms with E-state index in [0.717, 1.165) is 0 Å². The highest BCUT2D eigenvalue weighted by atomic mass is 13.9. The second-order valence-corrected chi connectivity index (χ2v) is 2.06. The fraction of sp³-hybridized carbons (Fsp3) is 0.222. The molecule has 0 aliphatic carbocycles. The number of hydrogen-bond donors (Lipinski definition) is 0. The summed E-state index contributed by atoms with van der Waals surface area (Å²) in [5.41, 5.74) is 2.50. The highest BCUT2D eigenvalue weighted by Gasteiger charge is 1.90. The van der Waals surface area contributed by atoms with Gasteiger partial charge in [-0.25, -0.2) is 0 Å². The molecule has 1 aromatic carbocycles. The third-order valence-corrected chi connectivity index (χ3v) is 1.41. The summed E-state index contributed by atoms with van der Waals surface area (Å²) in [5, 5.41) is 0. The van der Waals surface area contributed by atoms with E-state index in [9.17, 15) is 0 Å². The molecule has 9 heavy (non-hydrogen) atoms. The zero-order valence-corrected chi connectivity index (χ0v) is 5.81. The molecule has 0 fully saturated rings. The summed E-state index contributed by atoms with van der Waals surface area (Å²) < 4.78 is 0. The minimum Gasteiger partial charge on any atom is -0.0620 e. The van der Waals surface area contributed by atoms with Gasteiger partial charge in [0.1, 0.15) is 0 Å². The molecule has 0 atom stereocenters. The van der Waals surface area contributed by atoms with Gasteiger partial charge in [-0.1, -0.05) is 31.2 Å². The summed E-state index contributed by atoms with van der Waals surface area (Å²) in [6.07, 6.45) is 3.10. The van der Waals surface area contributed by atoms with Crippen LogP contribution in [-0.2, 0) is 0 Å². The van der Waals surface area contributed by atoms with Gasteiger partial charge in [0, 0.05) is 6.42 Å². The minimum atomic E-state index is 1.21. The summed E-state index contributed by atoms with van der Waals surface area (Å²) in [4.78, 5) is 0. The first-order chi connectivity index (χ1) is 4.34. The maximum absolute atomic E-state index is 3.10. The average Bonchev–Trinajstić information content (AvgIpc) is 1.89. The minimum absolute atomic E-state index is 1.21. The van der Waals surface area contributed by atoms with E-state index >= 15 is 0 Å². The van der Waals surface area contributed by atoms with E-state index in [1.165, 1.54) is 11.1 Å². The highest BCUT2D eigenvalue weighted by molar-refractivity contribution is 5.30. The van der Waals surface area contributed by atoms with Crippen molar-refractivity contribution in [2.75, 3.05) is 0 Å². The Balaban J connectivity index is 3.01. The molecular formula is C9H10. The molecule has 0 N–H and O–H groups in total. The normalized spacial score (nSPS) is 9.56. The highest BCUT2D eigenvalue weighted by Crippen LogP contribution is 2.07. The van der Waals surface area contributed by atoms with Crippen LogP contribution in [0.15, 0.2) is 24.3 Å². The molecule has 0 nitrogen and oxygen atoms in total. The lowest BCUT2D eigenvalue weighted by molar-refractivity contribution is 1.33. The van der Waals surface area contributed by atoms with Crippen LogP contribution in [0.2, 0.25) is 0 Å². The lowest BCUT2D eigenvalue weighted by atomic mass is 10.1. The average molecular weight is 118 g/mol. The standard InChI is InChI=1S/C9H10/c1-3-9-7-5-4-6-8(9)2/h4-7H,1-2H3. The smallest absolute Gasteiger partial charge is 0.0133 e. The van der Waals surface area contributed by atoms with Crippen molar-refractivity contribution in [3.05, 3.63) is 41.8 Å². The molecule has 0 heteroatoms. The maximum atomic E-state index is 3.10.